The molecule has 1 N–H and O–H groups in total. The van der Waals surface area contributed by atoms with Gasteiger partial charge in [-0.25, -0.2) is 0 Å². The second kappa shape index (κ2) is 7.00. The third kappa shape index (κ3) is 3.80. The molecule has 1 amide bonds. The van der Waals surface area contributed by atoms with E-state index in [9.17, 15) is 4.79 Å². The average Bonchev–Trinajstić information content (AvgIpc) is 2.57. The van der Waals surface area contributed by atoms with Crippen LogP contribution in [0.4, 0.5) is 0 Å². The molecule has 0 unspecified atom stereocenters. The molecule has 0 saturated carbocycles. The van der Waals surface area contributed by atoms with Crippen molar-refractivity contribution in [2.24, 2.45) is 0 Å². The predicted molar refractivity (Wildman–Crippen MR) is 81.7 cm³/mol. The number of hydrogen-bond donors (Lipinski definition) is 1. The van der Waals surface area contributed by atoms with E-state index in [1.54, 1.807) is 0 Å². The Balaban J connectivity index is 1.47. The van der Waals surface area contributed by atoms with Gasteiger partial charge in [-0.2, -0.15) is 0 Å². The van der Waals surface area contributed by atoms with Gasteiger partial charge >= 0.3 is 0 Å². The molecule has 2 fully saturated rings. The maximum absolute atomic E-state index is 12.5. The molecular formula is C16H24N4O. The van der Waals surface area contributed by atoms with Crippen molar-refractivity contribution in [1.29, 1.82) is 0 Å². The van der Waals surface area contributed by atoms with E-state index >= 15 is 0 Å². The predicted octanol–water partition coefficient (Wildman–Crippen LogP) is 0.868. The molecule has 2 aliphatic heterocycles. The molecule has 21 heavy (non-hydrogen) atoms. The first-order valence-electron chi connectivity index (χ1n) is 7.97. The fourth-order valence-electron chi connectivity index (χ4n) is 3.13. The minimum absolute atomic E-state index is 0.0566. The van der Waals surface area contributed by atoms with E-state index in [1.165, 1.54) is 12.8 Å². The molecule has 3 heterocycles. The van der Waals surface area contributed by atoms with Crippen LogP contribution in [0.5, 0.6) is 0 Å². The third-order valence-corrected chi connectivity index (χ3v) is 4.40. The maximum atomic E-state index is 12.5. The Bertz CT molecular complexity index is 451. The molecule has 0 spiro atoms. The molecule has 0 aromatic carbocycles. The highest BCUT2D eigenvalue weighted by Crippen LogP contribution is 2.12. The lowest BCUT2D eigenvalue weighted by Gasteiger charge is -2.37. The Kier molecular flexibility index (Phi) is 4.83. The Labute approximate surface area is 126 Å². The smallest absolute Gasteiger partial charge is 0.239 e. The van der Waals surface area contributed by atoms with E-state index in [4.69, 9.17) is 0 Å². The van der Waals surface area contributed by atoms with Crippen molar-refractivity contribution in [1.82, 2.24) is 20.1 Å². The summed E-state index contributed by atoms with van der Waals surface area (Å²) in [7, 11) is 0. The van der Waals surface area contributed by atoms with Crippen molar-refractivity contribution in [3.63, 3.8) is 0 Å². The lowest BCUT2D eigenvalue weighted by Crippen LogP contribution is -2.54. The number of hydrogen-bond acceptors (Lipinski definition) is 4. The summed E-state index contributed by atoms with van der Waals surface area (Å²) in [6.07, 6.45) is 5.20. The van der Waals surface area contributed by atoms with Crippen molar-refractivity contribution in [2.75, 3.05) is 32.7 Å². The molecule has 2 aliphatic rings. The van der Waals surface area contributed by atoms with Gasteiger partial charge < -0.3 is 10.2 Å². The summed E-state index contributed by atoms with van der Waals surface area (Å²) in [6.45, 7) is 5.42. The quantitative estimate of drug-likeness (QED) is 0.896. The van der Waals surface area contributed by atoms with Crippen LogP contribution < -0.4 is 5.32 Å². The molecule has 5 nitrogen and oxygen atoms in total. The number of piperidine rings is 1. The van der Waals surface area contributed by atoms with Crippen LogP contribution in [-0.2, 0) is 11.3 Å². The molecule has 114 valence electrons. The van der Waals surface area contributed by atoms with Gasteiger partial charge in [0.25, 0.3) is 0 Å². The highest BCUT2D eigenvalue weighted by Gasteiger charge is 2.28. The topological polar surface area (TPSA) is 48.5 Å². The first kappa shape index (κ1) is 14.5. The summed E-state index contributed by atoms with van der Waals surface area (Å²) in [5, 5.41) is 3.35. The molecule has 2 saturated heterocycles. The Hall–Kier alpha value is -1.46. The van der Waals surface area contributed by atoms with Crippen LogP contribution in [0.15, 0.2) is 24.4 Å². The molecule has 1 aromatic rings. The van der Waals surface area contributed by atoms with Gasteiger partial charge in [-0.15, -0.1) is 0 Å². The van der Waals surface area contributed by atoms with Crippen LogP contribution >= 0.6 is 0 Å². The monoisotopic (exact) mass is 288 g/mol. The van der Waals surface area contributed by atoms with Crippen molar-refractivity contribution in [3.05, 3.63) is 30.1 Å². The molecule has 1 atom stereocenters. The Morgan fingerprint density at radius 2 is 2.10 bits per heavy atom. The molecule has 0 bridgehead atoms. The number of nitrogens with zero attached hydrogens (tertiary/aromatic N) is 3. The van der Waals surface area contributed by atoms with E-state index in [0.717, 1.165) is 51.4 Å². The minimum Gasteiger partial charge on any atom is -0.339 e. The fraction of sp³-hybridized carbons (Fsp3) is 0.625. The molecule has 1 aromatic heterocycles. The summed E-state index contributed by atoms with van der Waals surface area (Å²) in [5.74, 6) is 0.298. The van der Waals surface area contributed by atoms with Gasteiger partial charge in [-0.05, 0) is 31.5 Å². The zero-order valence-electron chi connectivity index (χ0n) is 12.5. The van der Waals surface area contributed by atoms with Gasteiger partial charge in [0.2, 0.25) is 5.91 Å². The van der Waals surface area contributed by atoms with Crippen LogP contribution in [0.2, 0.25) is 0 Å². The number of nitrogens with one attached hydrogen (secondary N) is 1. The SMILES string of the molecule is O=C([C@@H]1CCCCN1)N1CCN(Cc2ccccn2)CC1. The largest absolute Gasteiger partial charge is 0.339 e. The number of piperazine rings is 1. The number of amides is 1. The van der Waals surface area contributed by atoms with E-state index in [2.05, 4.69) is 21.3 Å². The fourth-order valence-corrected chi connectivity index (χ4v) is 3.13. The van der Waals surface area contributed by atoms with Crippen molar-refractivity contribution in [3.8, 4) is 0 Å². The molecule has 3 rings (SSSR count). The molecule has 0 radical (unpaired) electrons. The second-order valence-electron chi connectivity index (χ2n) is 5.93. The van der Waals surface area contributed by atoms with Crippen LogP contribution in [0, 0.1) is 0 Å². The molecule has 0 aliphatic carbocycles. The molecule has 5 heteroatoms. The van der Waals surface area contributed by atoms with Gasteiger partial charge in [0, 0.05) is 38.9 Å². The van der Waals surface area contributed by atoms with Crippen molar-refractivity contribution in [2.45, 2.75) is 31.8 Å². The maximum Gasteiger partial charge on any atom is 0.239 e. The number of carbonyl (C=O) groups excluding carboxylic acids is 1. The number of aromatic nitrogens is 1. The number of pyridine rings is 1. The summed E-state index contributed by atoms with van der Waals surface area (Å²) in [4.78, 5) is 21.2. The van der Waals surface area contributed by atoms with E-state index in [1.807, 2.05) is 23.2 Å². The van der Waals surface area contributed by atoms with Gasteiger partial charge in [0.15, 0.2) is 0 Å². The van der Waals surface area contributed by atoms with Crippen LogP contribution in [0.1, 0.15) is 25.0 Å². The second-order valence-corrected chi connectivity index (χ2v) is 5.93. The van der Waals surface area contributed by atoms with Crippen molar-refractivity contribution >= 4 is 5.91 Å². The first-order valence-corrected chi connectivity index (χ1v) is 7.97. The van der Waals surface area contributed by atoms with Crippen LogP contribution in [0.3, 0.4) is 0 Å². The summed E-state index contributed by atoms with van der Waals surface area (Å²) < 4.78 is 0. The standard InChI is InChI=1S/C16H24N4O/c21-16(15-6-2-4-8-18-15)20-11-9-19(10-12-20)13-14-5-1-3-7-17-14/h1,3,5,7,15,18H,2,4,6,8-13H2/t15-/m0/s1. The number of carbonyl (C=O) groups is 1. The summed E-state index contributed by atoms with van der Waals surface area (Å²) in [5.41, 5.74) is 1.10. The van der Waals surface area contributed by atoms with Gasteiger partial charge in [-0.3, -0.25) is 14.7 Å². The minimum atomic E-state index is 0.0566. The highest BCUT2D eigenvalue weighted by molar-refractivity contribution is 5.82. The summed E-state index contributed by atoms with van der Waals surface area (Å²) in [6, 6.07) is 6.08. The summed E-state index contributed by atoms with van der Waals surface area (Å²) >= 11 is 0. The number of rotatable bonds is 3. The van der Waals surface area contributed by atoms with Crippen LogP contribution in [-0.4, -0.2) is 59.5 Å². The normalized spacial score (nSPS) is 24.0. The van der Waals surface area contributed by atoms with Crippen LogP contribution in [0.25, 0.3) is 0 Å². The van der Waals surface area contributed by atoms with Gasteiger partial charge in [-0.1, -0.05) is 12.5 Å². The van der Waals surface area contributed by atoms with Crippen molar-refractivity contribution < 1.29 is 4.79 Å². The Morgan fingerprint density at radius 1 is 1.24 bits per heavy atom. The van der Waals surface area contributed by atoms with E-state index in [-0.39, 0.29) is 6.04 Å². The average molecular weight is 288 g/mol. The zero-order chi connectivity index (χ0) is 14.5. The van der Waals surface area contributed by atoms with E-state index < -0.39 is 0 Å². The third-order valence-electron chi connectivity index (χ3n) is 4.40. The highest BCUT2D eigenvalue weighted by atomic mass is 16.2. The van der Waals surface area contributed by atoms with E-state index in [0.29, 0.717) is 5.91 Å². The first-order chi connectivity index (χ1) is 10.3. The van der Waals surface area contributed by atoms with Gasteiger partial charge in [0.1, 0.15) is 0 Å². The van der Waals surface area contributed by atoms with Gasteiger partial charge in [0.05, 0.1) is 11.7 Å². The molecular weight excluding hydrogens is 264 g/mol. The Morgan fingerprint density at radius 3 is 2.76 bits per heavy atom. The lowest BCUT2D eigenvalue weighted by molar-refractivity contribution is -0.135. The lowest BCUT2D eigenvalue weighted by atomic mass is 10.0. The zero-order valence-corrected chi connectivity index (χ0v) is 12.5.